The fourth-order valence-electron chi connectivity index (χ4n) is 1.44. The topological polar surface area (TPSA) is 26.3 Å². The zero-order chi connectivity index (χ0) is 12.8. The van der Waals surface area contributed by atoms with Gasteiger partial charge in [0, 0.05) is 0 Å². The Kier molecular flexibility index (Phi) is 4.20. The predicted molar refractivity (Wildman–Crippen MR) is 76.0 cm³/mol. The normalized spacial score (nSPS) is 10.5. The summed E-state index contributed by atoms with van der Waals surface area (Å²) in [6, 6.07) is 17.0. The summed E-state index contributed by atoms with van der Waals surface area (Å²) >= 11 is 3.66. The molecule has 0 aliphatic rings. The lowest BCUT2D eigenvalue weighted by Gasteiger charge is -2.05. The van der Waals surface area contributed by atoms with Gasteiger partial charge in [0.2, 0.25) is 5.12 Å². The van der Waals surface area contributed by atoms with Crippen LogP contribution >= 0.6 is 12.6 Å². The van der Waals surface area contributed by atoms with Crippen molar-refractivity contribution in [1.82, 2.24) is 0 Å². The molecule has 90 valence electrons. The summed E-state index contributed by atoms with van der Waals surface area (Å²) in [4.78, 5) is 10.7. The second kappa shape index (κ2) is 6.07. The molecule has 0 aliphatic carbocycles. The molecular weight excluding hydrogens is 244 g/mol. The van der Waals surface area contributed by atoms with Crippen molar-refractivity contribution in [3.8, 4) is 11.5 Å². The maximum atomic E-state index is 10.7. The van der Waals surface area contributed by atoms with Crippen molar-refractivity contribution in [1.29, 1.82) is 0 Å². The summed E-state index contributed by atoms with van der Waals surface area (Å²) in [5, 5.41) is -0.264. The van der Waals surface area contributed by atoms with Gasteiger partial charge >= 0.3 is 0 Å². The van der Waals surface area contributed by atoms with Gasteiger partial charge in [-0.3, -0.25) is 4.79 Å². The molecule has 0 saturated carbocycles. The van der Waals surface area contributed by atoms with Crippen LogP contribution in [0.5, 0.6) is 11.5 Å². The number of carbonyl (C=O) groups excluding carboxylic acids is 1. The molecule has 2 aromatic rings. The quantitative estimate of drug-likeness (QED) is 0.662. The van der Waals surface area contributed by atoms with Crippen molar-refractivity contribution in [2.75, 3.05) is 0 Å². The molecule has 0 fully saturated rings. The Morgan fingerprint density at radius 2 is 1.56 bits per heavy atom. The van der Waals surface area contributed by atoms with E-state index < -0.39 is 0 Å². The van der Waals surface area contributed by atoms with Gasteiger partial charge in [0.25, 0.3) is 0 Å². The summed E-state index contributed by atoms with van der Waals surface area (Å²) < 4.78 is 5.65. The molecule has 0 aromatic heterocycles. The molecule has 0 amide bonds. The van der Waals surface area contributed by atoms with Crippen LogP contribution in [0.3, 0.4) is 0 Å². The third kappa shape index (κ3) is 3.79. The molecule has 0 saturated heterocycles. The third-order valence-corrected chi connectivity index (χ3v) is 2.43. The van der Waals surface area contributed by atoms with E-state index in [0.717, 1.165) is 17.1 Å². The minimum Gasteiger partial charge on any atom is -0.457 e. The van der Waals surface area contributed by atoms with Gasteiger partial charge in [0.1, 0.15) is 11.5 Å². The van der Waals surface area contributed by atoms with E-state index in [1.165, 1.54) is 6.08 Å². The van der Waals surface area contributed by atoms with E-state index in [1.807, 2.05) is 54.6 Å². The van der Waals surface area contributed by atoms with Crippen LogP contribution in [0.4, 0.5) is 0 Å². The number of ether oxygens (including phenoxy) is 1. The Labute approximate surface area is 111 Å². The van der Waals surface area contributed by atoms with Crippen LogP contribution in [0.1, 0.15) is 5.56 Å². The molecule has 0 heterocycles. The van der Waals surface area contributed by atoms with E-state index in [-0.39, 0.29) is 5.12 Å². The SMILES string of the molecule is O=C(S)C=Cc1ccc(Oc2ccccc2)cc1. The Hall–Kier alpha value is -2.00. The molecule has 2 nitrogen and oxygen atoms in total. The zero-order valence-corrected chi connectivity index (χ0v) is 10.5. The summed E-state index contributed by atoms with van der Waals surface area (Å²) in [5.41, 5.74) is 0.929. The predicted octanol–water partition coefficient (Wildman–Crippen LogP) is 3.95. The van der Waals surface area contributed by atoms with Gasteiger partial charge in [-0.15, -0.1) is 12.6 Å². The lowest BCUT2D eigenvalue weighted by Crippen LogP contribution is -1.83. The van der Waals surface area contributed by atoms with Crippen molar-refractivity contribution >= 4 is 23.8 Å². The largest absolute Gasteiger partial charge is 0.457 e. The monoisotopic (exact) mass is 256 g/mol. The smallest absolute Gasteiger partial charge is 0.209 e. The Bertz CT molecular complexity index is 544. The van der Waals surface area contributed by atoms with Crippen LogP contribution in [0.25, 0.3) is 6.08 Å². The maximum absolute atomic E-state index is 10.7. The van der Waals surface area contributed by atoms with Gasteiger partial charge in [-0.1, -0.05) is 36.4 Å². The van der Waals surface area contributed by atoms with Crippen molar-refractivity contribution in [3.63, 3.8) is 0 Å². The summed E-state index contributed by atoms with van der Waals surface area (Å²) in [5.74, 6) is 1.56. The molecule has 2 aromatic carbocycles. The highest BCUT2D eigenvalue weighted by molar-refractivity contribution is 7.97. The van der Waals surface area contributed by atoms with Crippen molar-refractivity contribution in [2.45, 2.75) is 0 Å². The van der Waals surface area contributed by atoms with Crippen LogP contribution in [0.15, 0.2) is 60.7 Å². The average molecular weight is 256 g/mol. The average Bonchev–Trinajstić information content (AvgIpc) is 2.39. The number of para-hydroxylation sites is 1. The Morgan fingerprint density at radius 1 is 0.944 bits per heavy atom. The van der Waals surface area contributed by atoms with Crippen LogP contribution in [0, 0.1) is 0 Å². The maximum Gasteiger partial charge on any atom is 0.209 e. The molecule has 0 bridgehead atoms. The number of benzene rings is 2. The molecule has 18 heavy (non-hydrogen) atoms. The van der Waals surface area contributed by atoms with Gasteiger partial charge in [-0.05, 0) is 35.9 Å². The van der Waals surface area contributed by atoms with Crippen molar-refractivity contribution < 1.29 is 9.53 Å². The summed E-state index contributed by atoms with van der Waals surface area (Å²) in [6.07, 6.45) is 3.12. The molecule has 0 N–H and O–H groups in total. The molecule has 0 unspecified atom stereocenters. The third-order valence-electron chi connectivity index (χ3n) is 2.28. The first kappa shape index (κ1) is 12.5. The molecule has 0 aliphatic heterocycles. The highest BCUT2D eigenvalue weighted by Crippen LogP contribution is 2.21. The van der Waals surface area contributed by atoms with Gasteiger partial charge in [0.05, 0.1) is 0 Å². The van der Waals surface area contributed by atoms with Gasteiger partial charge in [-0.2, -0.15) is 0 Å². The molecule has 2 rings (SSSR count). The molecule has 0 spiro atoms. The van der Waals surface area contributed by atoms with Crippen LogP contribution < -0.4 is 4.74 Å². The van der Waals surface area contributed by atoms with Crippen molar-refractivity contribution in [2.24, 2.45) is 0 Å². The number of hydrogen-bond acceptors (Lipinski definition) is 2. The minimum atomic E-state index is -0.264. The first-order valence-corrected chi connectivity index (χ1v) is 5.93. The lowest BCUT2D eigenvalue weighted by atomic mass is 10.2. The minimum absolute atomic E-state index is 0.264. The number of rotatable bonds is 4. The van der Waals surface area contributed by atoms with Gasteiger partial charge in [-0.25, -0.2) is 0 Å². The standard InChI is InChI=1S/C15H12O2S/c16-15(18)11-8-12-6-9-14(10-7-12)17-13-4-2-1-3-5-13/h1-11H,(H,16,18). The first-order valence-electron chi connectivity index (χ1n) is 5.48. The molecule has 0 atom stereocenters. The number of carbonyl (C=O) groups is 1. The van der Waals surface area contributed by atoms with E-state index >= 15 is 0 Å². The molecule has 0 radical (unpaired) electrons. The van der Waals surface area contributed by atoms with Crippen molar-refractivity contribution in [3.05, 3.63) is 66.2 Å². The molecule has 3 heteroatoms. The summed E-state index contributed by atoms with van der Waals surface area (Å²) in [7, 11) is 0. The Morgan fingerprint density at radius 3 is 2.17 bits per heavy atom. The van der Waals surface area contributed by atoms with E-state index in [4.69, 9.17) is 4.74 Å². The Balaban J connectivity index is 2.06. The highest BCUT2D eigenvalue weighted by Gasteiger charge is 1.96. The number of hydrogen-bond donors (Lipinski definition) is 1. The fraction of sp³-hybridized carbons (Fsp3) is 0. The van der Waals surface area contributed by atoms with E-state index in [9.17, 15) is 4.79 Å². The van der Waals surface area contributed by atoms with Crippen LogP contribution in [-0.4, -0.2) is 5.12 Å². The number of thiol groups is 1. The van der Waals surface area contributed by atoms with Crippen LogP contribution in [-0.2, 0) is 4.79 Å². The lowest BCUT2D eigenvalue weighted by molar-refractivity contribution is -0.106. The van der Waals surface area contributed by atoms with Crippen LogP contribution in [0.2, 0.25) is 0 Å². The fourth-order valence-corrected chi connectivity index (χ4v) is 1.51. The summed E-state index contributed by atoms with van der Waals surface area (Å²) in [6.45, 7) is 0. The highest BCUT2D eigenvalue weighted by atomic mass is 32.1. The van der Waals surface area contributed by atoms with E-state index in [0.29, 0.717) is 0 Å². The van der Waals surface area contributed by atoms with E-state index in [1.54, 1.807) is 6.08 Å². The second-order valence-electron chi connectivity index (χ2n) is 3.66. The second-order valence-corrected chi connectivity index (χ2v) is 4.10. The molecular formula is C15H12O2S. The van der Waals surface area contributed by atoms with E-state index in [2.05, 4.69) is 12.6 Å². The zero-order valence-electron chi connectivity index (χ0n) is 9.61. The van der Waals surface area contributed by atoms with Gasteiger partial charge in [0.15, 0.2) is 0 Å². The van der Waals surface area contributed by atoms with Gasteiger partial charge < -0.3 is 4.74 Å². The first-order chi connectivity index (χ1) is 8.74.